The van der Waals surface area contributed by atoms with Gasteiger partial charge in [-0.2, -0.15) is 5.10 Å². The molecule has 0 aliphatic heterocycles. The van der Waals surface area contributed by atoms with E-state index in [9.17, 15) is 0 Å². The van der Waals surface area contributed by atoms with Gasteiger partial charge in [-0.3, -0.25) is 5.43 Å². The second-order valence-electron chi connectivity index (χ2n) is 3.86. The molecule has 0 aromatic heterocycles. The van der Waals surface area contributed by atoms with E-state index in [4.69, 9.17) is 5.73 Å². The fourth-order valence-electron chi connectivity index (χ4n) is 1.79. The number of nitrogens with zero attached hydrogens (tertiary/aromatic N) is 1. The molecule has 0 amide bonds. The Kier molecular flexibility index (Phi) is 3.66. The molecule has 0 unspecified atom stereocenters. The van der Waals surface area contributed by atoms with Crippen LogP contribution in [0.1, 0.15) is 33.1 Å². The van der Waals surface area contributed by atoms with Crippen LogP contribution in [0, 0.1) is 11.8 Å². The van der Waals surface area contributed by atoms with Crippen molar-refractivity contribution < 1.29 is 0 Å². The van der Waals surface area contributed by atoms with Crippen LogP contribution in [0.5, 0.6) is 0 Å². The van der Waals surface area contributed by atoms with Crippen molar-refractivity contribution in [3.8, 4) is 0 Å². The average Bonchev–Trinajstić information content (AvgIpc) is 2.02. The summed E-state index contributed by atoms with van der Waals surface area (Å²) >= 11 is 4.69. The Balaban J connectivity index is 2.50. The van der Waals surface area contributed by atoms with Gasteiger partial charge in [0.15, 0.2) is 5.11 Å². The highest BCUT2D eigenvalue weighted by atomic mass is 32.1. The SMILES string of the molecule is C[C@@H]1CC/C(=N\NC(N)=S)[C@@H](C)C1. The summed E-state index contributed by atoms with van der Waals surface area (Å²) < 4.78 is 0. The first-order valence-corrected chi connectivity index (χ1v) is 5.12. The van der Waals surface area contributed by atoms with Gasteiger partial charge in [-0.05, 0) is 43.3 Å². The molecule has 0 heterocycles. The Labute approximate surface area is 84.8 Å². The van der Waals surface area contributed by atoms with E-state index in [0.29, 0.717) is 5.92 Å². The third kappa shape index (κ3) is 3.30. The van der Waals surface area contributed by atoms with Gasteiger partial charge in [-0.25, -0.2) is 0 Å². The van der Waals surface area contributed by atoms with Gasteiger partial charge in [0.25, 0.3) is 0 Å². The molecular formula is C9H17N3S. The molecule has 1 rings (SSSR count). The van der Waals surface area contributed by atoms with Crippen molar-refractivity contribution in [1.82, 2.24) is 5.43 Å². The van der Waals surface area contributed by atoms with Gasteiger partial charge in [0.1, 0.15) is 0 Å². The molecule has 3 nitrogen and oxygen atoms in total. The molecular weight excluding hydrogens is 182 g/mol. The third-order valence-electron chi connectivity index (χ3n) is 2.53. The number of nitrogens with two attached hydrogens (primary N) is 1. The van der Waals surface area contributed by atoms with Crippen molar-refractivity contribution in [2.75, 3.05) is 0 Å². The maximum Gasteiger partial charge on any atom is 0.184 e. The van der Waals surface area contributed by atoms with E-state index in [1.807, 2.05) is 0 Å². The number of nitrogens with one attached hydrogen (secondary N) is 1. The predicted octanol–water partition coefficient (Wildman–Crippen LogP) is 1.63. The van der Waals surface area contributed by atoms with Crippen LogP contribution in [-0.2, 0) is 0 Å². The Morgan fingerprint density at radius 1 is 1.62 bits per heavy atom. The molecule has 0 spiro atoms. The summed E-state index contributed by atoms with van der Waals surface area (Å²) in [5.41, 5.74) is 9.15. The van der Waals surface area contributed by atoms with E-state index in [1.54, 1.807) is 0 Å². The van der Waals surface area contributed by atoms with Crippen LogP contribution in [0.4, 0.5) is 0 Å². The van der Waals surface area contributed by atoms with Gasteiger partial charge in [0.2, 0.25) is 0 Å². The van der Waals surface area contributed by atoms with Crippen molar-refractivity contribution in [3.05, 3.63) is 0 Å². The van der Waals surface area contributed by atoms with Crippen LogP contribution < -0.4 is 11.2 Å². The minimum absolute atomic E-state index is 0.248. The lowest BCUT2D eigenvalue weighted by Gasteiger charge is -2.25. The van der Waals surface area contributed by atoms with E-state index < -0.39 is 0 Å². The summed E-state index contributed by atoms with van der Waals surface area (Å²) in [7, 11) is 0. The van der Waals surface area contributed by atoms with Crippen LogP contribution in [-0.4, -0.2) is 10.8 Å². The van der Waals surface area contributed by atoms with Crippen LogP contribution >= 0.6 is 12.2 Å². The topological polar surface area (TPSA) is 50.4 Å². The monoisotopic (exact) mass is 199 g/mol. The van der Waals surface area contributed by atoms with E-state index in [0.717, 1.165) is 12.3 Å². The Morgan fingerprint density at radius 3 is 2.85 bits per heavy atom. The van der Waals surface area contributed by atoms with Gasteiger partial charge in [-0.1, -0.05) is 13.8 Å². The summed E-state index contributed by atoms with van der Waals surface area (Å²) in [5.74, 6) is 1.38. The lowest BCUT2D eigenvalue weighted by atomic mass is 9.82. The maximum atomic E-state index is 5.30. The van der Waals surface area contributed by atoms with E-state index in [1.165, 1.54) is 18.6 Å². The molecule has 4 heteroatoms. The zero-order chi connectivity index (χ0) is 9.84. The van der Waals surface area contributed by atoms with Crippen LogP contribution in [0.15, 0.2) is 5.10 Å². The molecule has 1 fully saturated rings. The van der Waals surface area contributed by atoms with Crippen molar-refractivity contribution in [1.29, 1.82) is 0 Å². The largest absolute Gasteiger partial charge is 0.375 e. The first-order chi connectivity index (χ1) is 6.09. The Bertz CT molecular complexity index is 225. The molecule has 13 heavy (non-hydrogen) atoms. The zero-order valence-electron chi connectivity index (χ0n) is 8.21. The second-order valence-corrected chi connectivity index (χ2v) is 4.30. The minimum atomic E-state index is 0.248. The highest BCUT2D eigenvalue weighted by molar-refractivity contribution is 7.80. The normalized spacial score (nSPS) is 31.7. The summed E-state index contributed by atoms with van der Waals surface area (Å²) in [6, 6.07) is 0. The van der Waals surface area contributed by atoms with Gasteiger partial charge >= 0.3 is 0 Å². The molecule has 74 valence electrons. The fraction of sp³-hybridized carbons (Fsp3) is 0.778. The summed E-state index contributed by atoms with van der Waals surface area (Å²) in [5, 5.41) is 4.45. The molecule has 2 atom stereocenters. The van der Waals surface area contributed by atoms with Crippen LogP contribution in [0.3, 0.4) is 0 Å². The molecule has 0 bridgehead atoms. The van der Waals surface area contributed by atoms with E-state index in [-0.39, 0.29) is 5.11 Å². The molecule has 0 radical (unpaired) electrons. The highest BCUT2D eigenvalue weighted by Crippen LogP contribution is 2.25. The van der Waals surface area contributed by atoms with Crippen molar-refractivity contribution >= 4 is 23.0 Å². The second kappa shape index (κ2) is 4.56. The third-order valence-corrected chi connectivity index (χ3v) is 2.62. The molecule has 0 aromatic rings. The lowest BCUT2D eigenvalue weighted by Crippen LogP contribution is -2.29. The summed E-state index contributed by atoms with van der Waals surface area (Å²) in [6.07, 6.45) is 3.51. The smallest absolute Gasteiger partial charge is 0.184 e. The first-order valence-electron chi connectivity index (χ1n) is 4.71. The van der Waals surface area contributed by atoms with E-state index >= 15 is 0 Å². The van der Waals surface area contributed by atoms with Crippen molar-refractivity contribution in [3.63, 3.8) is 0 Å². The molecule has 1 saturated carbocycles. The quantitative estimate of drug-likeness (QED) is 0.498. The number of hydrogen-bond donors (Lipinski definition) is 2. The molecule has 3 N–H and O–H groups in total. The van der Waals surface area contributed by atoms with Crippen molar-refractivity contribution in [2.45, 2.75) is 33.1 Å². The Morgan fingerprint density at radius 2 is 2.31 bits per heavy atom. The van der Waals surface area contributed by atoms with Gasteiger partial charge in [0, 0.05) is 5.71 Å². The van der Waals surface area contributed by atoms with Gasteiger partial charge in [-0.15, -0.1) is 0 Å². The lowest BCUT2D eigenvalue weighted by molar-refractivity contribution is 0.419. The fourth-order valence-corrected chi connectivity index (χ4v) is 1.84. The highest BCUT2D eigenvalue weighted by Gasteiger charge is 2.20. The van der Waals surface area contributed by atoms with E-state index in [2.05, 4.69) is 36.6 Å². The van der Waals surface area contributed by atoms with Crippen molar-refractivity contribution in [2.24, 2.45) is 22.7 Å². The zero-order valence-corrected chi connectivity index (χ0v) is 9.03. The van der Waals surface area contributed by atoms with Gasteiger partial charge in [0.05, 0.1) is 0 Å². The van der Waals surface area contributed by atoms with Gasteiger partial charge < -0.3 is 5.73 Å². The minimum Gasteiger partial charge on any atom is -0.375 e. The average molecular weight is 199 g/mol. The Hall–Kier alpha value is -0.640. The first kappa shape index (κ1) is 10.4. The predicted molar refractivity (Wildman–Crippen MR) is 59.5 cm³/mol. The molecule has 0 aromatic carbocycles. The molecule has 1 aliphatic carbocycles. The van der Waals surface area contributed by atoms with Crippen LogP contribution in [0.25, 0.3) is 0 Å². The number of hydrazone groups is 1. The molecule has 0 saturated heterocycles. The summed E-state index contributed by atoms with van der Waals surface area (Å²) in [4.78, 5) is 0. The number of thiocarbonyl (C=S) groups is 1. The molecule has 1 aliphatic rings. The maximum absolute atomic E-state index is 5.30. The summed E-state index contributed by atoms with van der Waals surface area (Å²) in [6.45, 7) is 4.49. The number of rotatable bonds is 1. The number of hydrogen-bond acceptors (Lipinski definition) is 2. The standard InChI is InChI=1S/C9H17N3S/c1-6-3-4-8(7(2)5-6)11-12-9(10)13/h6-7H,3-5H2,1-2H3,(H3,10,12,13)/b11-8+/t6-,7+/m1/s1. The van der Waals surface area contributed by atoms with Crippen LogP contribution in [0.2, 0.25) is 0 Å².